The Balaban J connectivity index is 1.72. The van der Waals surface area contributed by atoms with E-state index < -0.39 is 0 Å². The van der Waals surface area contributed by atoms with Crippen molar-refractivity contribution in [2.45, 2.75) is 0 Å². The third kappa shape index (κ3) is 3.86. The maximum Gasteiger partial charge on any atom is 0.248 e. The van der Waals surface area contributed by atoms with Gasteiger partial charge in [0.15, 0.2) is 0 Å². The standard InChI is InChI=1S/C17H11Cl2N3O/c18-13-7-5-11(9-14(13)19)22-17(23)8-6-12-10-20-15-3-1-2-4-16(15)21-12/h1-10H,(H,22,23)/b8-6-. The number of carbonyl (C=O) groups excluding carboxylic acids is 1. The van der Waals surface area contributed by atoms with E-state index in [1.807, 2.05) is 24.3 Å². The number of hydrogen-bond acceptors (Lipinski definition) is 3. The minimum atomic E-state index is -0.293. The number of para-hydroxylation sites is 2. The number of halogens is 2. The molecule has 2 aromatic carbocycles. The van der Waals surface area contributed by atoms with Gasteiger partial charge in [0.1, 0.15) is 0 Å². The minimum Gasteiger partial charge on any atom is -0.322 e. The summed E-state index contributed by atoms with van der Waals surface area (Å²) >= 11 is 11.7. The molecule has 0 bridgehead atoms. The first kappa shape index (κ1) is 15.5. The predicted molar refractivity (Wildman–Crippen MR) is 93.7 cm³/mol. The molecule has 0 aliphatic carbocycles. The van der Waals surface area contributed by atoms with Crippen LogP contribution in [0.5, 0.6) is 0 Å². The van der Waals surface area contributed by atoms with Gasteiger partial charge < -0.3 is 5.32 Å². The Morgan fingerprint density at radius 3 is 2.61 bits per heavy atom. The molecule has 0 saturated carbocycles. The summed E-state index contributed by atoms with van der Waals surface area (Å²) in [7, 11) is 0. The Morgan fingerprint density at radius 2 is 1.83 bits per heavy atom. The van der Waals surface area contributed by atoms with Crippen LogP contribution in [0.1, 0.15) is 5.69 Å². The van der Waals surface area contributed by atoms with Crippen LogP contribution in [0, 0.1) is 0 Å². The lowest BCUT2D eigenvalue weighted by Crippen LogP contribution is -2.07. The van der Waals surface area contributed by atoms with E-state index >= 15 is 0 Å². The monoisotopic (exact) mass is 343 g/mol. The Hall–Kier alpha value is -2.43. The third-order valence-corrected chi connectivity index (χ3v) is 3.80. The summed E-state index contributed by atoms with van der Waals surface area (Å²) in [6.45, 7) is 0. The zero-order chi connectivity index (χ0) is 16.2. The molecular formula is C17H11Cl2N3O. The maximum absolute atomic E-state index is 11.9. The summed E-state index contributed by atoms with van der Waals surface area (Å²) in [5.74, 6) is -0.293. The van der Waals surface area contributed by atoms with Gasteiger partial charge in [-0.25, -0.2) is 4.98 Å². The van der Waals surface area contributed by atoms with Gasteiger partial charge in [0.25, 0.3) is 0 Å². The summed E-state index contributed by atoms with van der Waals surface area (Å²) < 4.78 is 0. The number of benzene rings is 2. The van der Waals surface area contributed by atoms with Gasteiger partial charge in [-0.15, -0.1) is 0 Å². The highest BCUT2D eigenvalue weighted by molar-refractivity contribution is 6.42. The largest absolute Gasteiger partial charge is 0.322 e. The van der Waals surface area contributed by atoms with Crippen molar-refractivity contribution < 1.29 is 4.79 Å². The molecule has 1 heterocycles. The van der Waals surface area contributed by atoms with Gasteiger partial charge in [-0.2, -0.15) is 0 Å². The van der Waals surface area contributed by atoms with Crippen LogP contribution in [-0.2, 0) is 4.79 Å². The molecule has 114 valence electrons. The molecule has 0 aliphatic rings. The van der Waals surface area contributed by atoms with E-state index in [4.69, 9.17) is 23.2 Å². The van der Waals surface area contributed by atoms with Gasteiger partial charge in [0.2, 0.25) is 5.91 Å². The number of nitrogens with one attached hydrogen (secondary N) is 1. The van der Waals surface area contributed by atoms with Crippen molar-refractivity contribution in [2.24, 2.45) is 0 Å². The van der Waals surface area contributed by atoms with Crippen LogP contribution in [0.15, 0.2) is 54.7 Å². The average molecular weight is 344 g/mol. The van der Waals surface area contributed by atoms with Crippen molar-refractivity contribution in [1.82, 2.24) is 9.97 Å². The van der Waals surface area contributed by atoms with Crippen LogP contribution >= 0.6 is 23.2 Å². The topological polar surface area (TPSA) is 54.9 Å². The lowest BCUT2D eigenvalue weighted by Gasteiger charge is -2.03. The molecule has 3 aromatic rings. The van der Waals surface area contributed by atoms with E-state index in [9.17, 15) is 4.79 Å². The van der Waals surface area contributed by atoms with Crippen molar-refractivity contribution in [1.29, 1.82) is 0 Å². The third-order valence-electron chi connectivity index (χ3n) is 3.06. The van der Waals surface area contributed by atoms with Crippen molar-refractivity contribution in [3.8, 4) is 0 Å². The fourth-order valence-corrected chi connectivity index (χ4v) is 2.27. The zero-order valence-electron chi connectivity index (χ0n) is 11.8. The quantitative estimate of drug-likeness (QED) is 0.707. The molecule has 0 radical (unpaired) electrons. The number of hydrogen-bond donors (Lipinski definition) is 1. The molecule has 0 aliphatic heterocycles. The molecule has 0 saturated heterocycles. The summed E-state index contributed by atoms with van der Waals surface area (Å²) in [6, 6.07) is 12.4. The van der Waals surface area contributed by atoms with Crippen molar-refractivity contribution in [3.05, 3.63) is 70.5 Å². The first-order chi connectivity index (χ1) is 11.1. The molecule has 0 atom stereocenters. The SMILES string of the molecule is O=C(/C=C\c1cnc2ccccc2n1)Nc1ccc(Cl)c(Cl)c1. The molecule has 4 nitrogen and oxygen atoms in total. The van der Waals surface area contributed by atoms with Crippen LogP contribution < -0.4 is 5.32 Å². The molecule has 1 amide bonds. The highest BCUT2D eigenvalue weighted by atomic mass is 35.5. The molecule has 1 N–H and O–H groups in total. The van der Waals surface area contributed by atoms with E-state index in [-0.39, 0.29) is 5.91 Å². The van der Waals surface area contributed by atoms with Crippen molar-refractivity contribution in [2.75, 3.05) is 5.32 Å². The van der Waals surface area contributed by atoms with Gasteiger partial charge >= 0.3 is 0 Å². The fraction of sp³-hybridized carbons (Fsp3) is 0. The van der Waals surface area contributed by atoms with Crippen molar-refractivity contribution in [3.63, 3.8) is 0 Å². The van der Waals surface area contributed by atoms with Gasteiger partial charge in [-0.3, -0.25) is 9.78 Å². The lowest BCUT2D eigenvalue weighted by atomic mass is 10.3. The average Bonchev–Trinajstić information content (AvgIpc) is 2.56. The second-order valence-electron chi connectivity index (χ2n) is 4.74. The van der Waals surface area contributed by atoms with Gasteiger partial charge in [-0.1, -0.05) is 35.3 Å². The summed E-state index contributed by atoms with van der Waals surface area (Å²) in [5.41, 5.74) is 2.76. The van der Waals surface area contributed by atoms with E-state index in [0.29, 0.717) is 21.4 Å². The summed E-state index contributed by atoms with van der Waals surface area (Å²) in [4.78, 5) is 20.6. The highest BCUT2D eigenvalue weighted by Gasteiger charge is 2.02. The number of aromatic nitrogens is 2. The second kappa shape index (κ2) is 6.77. The predicted octanol–water partition coefficient (Wildman–Crippen LogP) is 4.59. The zero-order valence-corrected chi connectivity index (χ0v) is 13.3. The van der Waals surface area contributed by atoms with Crippen molar-refractivity contribution >= 4 is 51.9 Å². The molecule has 3 rings (SSSR count). The Bertz CT molecular complexity index is 909. The summed E-state index contributed by atoms with van der Waals surface area (Å²) in [6.07, 6.45) is 4.61. The maximum atomic E-state index is 11.9. The number of carbonyl (C=O) groups is 1. The van der Waals surface area contributed by atoms with Crippen LogP contribution in [0.2, 0.25) is 10.0 Å². The van der Waals surface area contributed by atoms with Crippen LogP contribution in [0.3, 0.4) is 0 Å². The van der Waals surface area contributed by atoms with E-state index in [0.717, 1.165) is 11.0 Å². The fourth-order valence-electron chi connectivity index (χ4n) is 1.97. The Labute approximate surface area is 142 Å². The highest BCUT2D eigenvalue weighted by Crippen LogP contribution is 2.24. The normalized spacial score (nSPS) is 11.0. The lowest BCUT2D eigenvalue weighted by molar-refractivity contribution is -0.111. The van der Waals surface area contributed by atoms with E-state index in [1.54, 1.807) is 30.5 Å². The molecule has 23 heavy (non-hydrogen) atoms. The molecule has 0 unspecified atom stereocenters. The molecule has 0 fully saturated rings. The Morgan fingerprint density at radius 1 is 1.04 bits per heavy atom. The van der Waals surface area contributed by atoms with Gasteiger partial charge in [-0.05, 0) is 36.4 Å². The van der Waals surface area contributed by atoms with Crippen LogP contribution in [0.25, 0.3) is 17.1 Å². The molecule has 1 aromatic heterocycles. The number of fused-ring (bicyclic) bond motifs is 1. The summed E-state index contributed by atoms with van der Waals surface area (Å²) in [5, 5.41) is 3.52. The molecule has 0 spiro atoms. The van der Waals surface area contributed by atoms with E-state index in [2.05, 4.69) is 15.3 Å². The number of amides is 1. The number of nitrogens with zero attached hydrogens (tertiary/aromatic N) is 2. The van der Waals surface area contributed by atoms with Crippen LogP contribution in [0.4, 0.5) is 5.69 Å². The number of rotatable bonds is 3. The second-order valence-corrected chi connectivity index (χ2v) is 5.55. The smallest absolute Gasteiger partial charge is 0.248 e. The minimum absolute atomic E-state index is 0.293. The van der Waals surface area contributed by atoms with Crippen LogP contribution in [-0.4, -0.2) is 15.9 Å². The molecule has 6 heteroatoms. The molecular weight excluding hydrogens is 333 g/mol. The number of anilines is 1. The Kier molecular flexibility index (Phi) is 4.55. The first-order valence-electron chi connectivity index (χ1n) is 6.78. The van der Waals surface area contributed by atoms with E-state index in [1.165, 1.54) is 6.08 Å². The van der Waals surface area contributed by atoms with Gasteiger partial charge in [0.05, 0.1) is 33.0 Å². The van der Waals surface area contributed by atoms with Gasteiger partial charge in [0, 0.05) is 11.8 Å². The first-order valence-corrected chi connectivity index (χ1v) is 7.53.